The van der Waals surface area contributed by atoms with Gasteiger partial charge in [-0.15, -0.1) is 11.3 Å². The Labute approximate surface area is 175 Å². The van der Waals surface area contributed by atoms with E-state index in [2.05, 4.69) is 25.2 Å². The van der Waals surface area contributed by atoms with Crippen LogP contribution in [0.25, 0.3) is 10.4 Å². The molecular weight excluding hydrogens is 415 g/mol. The molecule has 158 valence electrons. The molecule has 30 heavy (non-hydrogen) atoms. The van der Waals surface area contributed by atoms with Crippen molar-refractivity contribution in [3.05, 3.63) is 52.9 Å². The highest BCUT2D eigenvalue weighted by Crippen LogP contribution is 2.32. The summed E-state index contributed by atoms with van der Waals surface area (Å²) in [6.07, 6.45) is -1.14. The highest BCUT2D eigenvalue weighted by Gasteiger charge is 2.32. The number of hydrogen-bond donors (Lipinski definition) is 2. The van der Waals surface area contributed by atoms with E-state index in [-0.39, 0.29) is 12.1 Å². The molecule has 6 nitrogen and oxygen atoms in total. The lowest BCUT2D eigenvalue weighted by atomic mass is 10.1. The van der Waals surface area contributed by atoms with Gasteiger partial charge in [0, 0.05) is 31.2 Å². The Kier molecular flexibility index (Phi) is 5.72. The number of benzene rings is 1. The Morgan fingerprint density at radius 2 is 2.10 bits per heavy atom. The number of nitrogens with one attached hydrogen (secondary N) is 1. The number of alkyl halides is 3. The number of halogens is 3. The van der Waals surface area contributed by atoms with Crippen LogP contribution in [0.4, 0.5) is 24.8 Å². The minimum Gasteiger partial charge on any atom is -0.392 e. The Hall–Kier alpha value is -2.56. The molecule has 0 bridgehead atoms. The molecule has 0 radical (unpaired) electrons. The van der Waals surface area contributed by atoms with Crippen molar-refractivity contribution in [3.8, 4) is 10.4 Å². The van der Waals surface area contributed by atoms with Crippen LogP contribution in [0.1, 0.15) is 22.7 Å². The van der Waals surface area contributed by atoms with Gasteiger partial charge in [0.05, 0.1) is 17.5 Å². The highest BCUT2D eigenvalue weighted by molar-refractivity contribution is 7.15. The van der Waals surface area contributed by atoms with Crippen molar-refractivity contribution < 1.29 is 18.3 Å². The van der Waals surface area contributed by atoms with Crippen molar-refractivity contribution >= 4 is 23.0 Å². The maximum atomic E-state index is 12.9. The Balaban J connectivity index is 1.53. The van der Waals surface area contributed by atoms with Crippen molar-refractivity contribution in [3.63, 3.8) is 0 Å². The molecule has 0 spiro atoms. The summed E-state index contributed by atoms with van der Waals surface area (Å²) >= 11 is 1.56. The van der Waals surface area contributed by atoms with E-state index >= 15 is 0 Å². The Morgan fingerprint density at radius 1 is 1.27 bits per heavy atom. The molecule has 1 aliphatic heterocycles. The monoisotopic (exact) mass is 435 g/mol. The van der Waals surface area contributed by atoms with Gasteiger partial charge < -0.3 is 10.4 Å². The van der Waals surface area contributed by atoms with Gasteiger partial charge in [-0.25, -0.2) is 15.0 Å². The lowest BCUT2D eigenvalue weighted by molar-refractivity contribution is -0.141. The van der Waals surface area contributed by atoms with Crippen LogP contribution in [0.3, 0.4) is 0 Å². The minimum absolute atomic E-state index is 0.112. The SMILES string of the molecule is Cc1cc(Nc2nccc(C(F)(F)F)n2)cc(-c2cnc(CN3CCC(O)C3)s2)c1. The van der Waals surface area contributed by atoms with Crippen LogP contribution in [0.5, 0.6) is 0 Å². The first-order valence-electron chi connectivity index (χ1n) is 9.41. The number of β-amino-alcohol motifs (C(OH)–C–C–N with tert-alkyl or cyclic N) is 1. The third-order valence-corrected chi connectivity index (χ3v) is 5.76. The van der Waals surface area contributed by atoms with E-state index in [4.69, 9.17) is 0 Å². The molecule has 1 atom stereocenters. The number of aryl methyl sites for hydroxylation is 1. The number of likely N-dealkylation sites (tertiary alicyclic amines) is 1. The summed E-state index contributed by atoms with van der Waals surface area (Å²) < 4.78 is 38.7. The number of hydrogen-bond acceptors (Lipinski definition) is 7. The van der Waals surface area contributed by atoms with E-state index in [1.807, 2.05) is 25.1 Å². The maximum Gasteiger partial charge on any atom is 0.433 e. The molecule has 1 aliphatic rings. The molecule has 0 aliphatic carbocycles. The standard InChI is InChI=1S/C20H20F3N5OS/c1-12-6-13(16-9-25-18(30-16)11-28-5-3-15(29)10-28)8-14(7-12)26-19-24-4-2-17(27-19)20(21,22)23/h2,4,6-9,15,29H,3,5,10-11H2,1H3,(H,24,26,27). The van der Waals surface area contributed by atoms with Gasteiger partial charge in [-0.3, -0.25) is 4.90 Å². The molecule has 0 saturated carbocycles. The van der Waals surface area contributed by atoms with Gasteiger partial charge in [-0.1, -0.05) is 6.07 Å². The van der Waals surface area contributed by atoms with Crippen LogP contribution in [-0.4, -0.2) is 44.2 Å². The van der Waals surface area contributed by atoms with Crippen LogP contribution in [0.2, 0.25) is 0 Å². The maximum absolute atomic E-state index is 12.9. The van der Waals surface area contributed by atoms with Gasteiger partial charge in [0.15, 0.2) is 0 Å². The second-order valence-electron chi connectivity index (χ2n) is 7.27. The van der Waals surface area contributed by atoms with Gasteiger partial charge >= 0.3 is 6.18 Å². The third kappa shape index (κ3) is 4.94. The van der Waals surface area contributed by atoms with Crippen molar-refractivity contribution in [2.75, 3.05) is 18.4 Å². The topological polar surface area (TPSA) is 74.2 Å². The smallest absolute Gasteiger partial charge is 0.392 e. The molecule has 3 heterocycles. The summed E-state index contributed by atoms with van der Waals surface area (Å²) in [4.78, 5) is 15.1. The van der Waals surface area contributed by atoms with Crippen molar-refractivity contribution in [1.82, 2.24) is 19.9 Å². The number of anilines is 2. The largest absolute Gasteiger partial charge is 0.433 e. The second kappa shape index (κ2) is 8.29. The Bertz CT molecular complexity index is 1040. The lowest BCUT2D eigenvalue weighted by Gasteiger charge is -2.12. The third-order valence-electron chi connectivity index (χ3n) is 4.72. The number of rotatable bonds is 5. The highest BCUT2D eigenvalue weighted by atomic mass is 32.1. The van der Waals surface area contributed by atoms with E-state index in [9.17, 15) is 18.3 Å². The van der Waals surface area contributed by atoms with Gasteiger partial charge in [-0.2, -0.15) is 13.2 Å². The first-order chi connectivity index (χ1) is 14.3. The molecule has 0 amide bonds. The number of aliphatic hydroxyl groups is 1. The van der Waals surface area contributed by atoms with Crippen LogP contribution in [0, 0.1) is 6.92 Å². The summed E-state index contributed by atoms with van der Waals surface area (Å²) in [7, 11) is 0. The normalized spacial score (nSPS) is 17.4. The molecule has 1 unspecified atom stereocenters. The lowest BCUT2D eigenvalue weighted by Crippen LogP contribution is -2.21. The number of thiazole rings is 1. The van der Waals surface area contributed by atoms with Crippen LogP contribution in [-0.2, 0) is 12.7 Å². The molecule has 3 aromatic rings. The molecule has 1 fully saturated rings. The van der Waals surface area contributed by atoms with Gasteiger partial charge in [0.1, 0.15) is 10.7 Å². The molecule has 4 rings (SSSR count). The Morgan fingerprint density at radius 3 is 2.83 bits per heavy atom. The van der Waals surface area contributed by atoms with Gasteiger partial charge in [-0.05, 0) is 42.7 Å². The van der Waals surface area contributed by atoms with Crippen LogP contribution >= 0.6 is 11.3 Å². The summed E-state index contributed by atoms with van der Waals surface area (Å²) in [5.41, 5.74) is 1.46. The van der Waals surface area contributed by atoms with E-state index in [1.165, 1.54) is 0 Å². The average Bonchev–Trinajstić information content (AvgIpc) is 3.30. The van der Waals surface area contributed by atoms with E-state index < -0.39 is 11.9 Å². The predicted octanol–water partition coefficient (Wildman–Crippen LogP) is 4.24. The quantitative estimate of drug-likeness (QED) is 0.625. The summed E-state index contributed by atoms with van der Waals surface area (Å²) in [5, 5.41) is 13.5. The first kappa shape index (κ1) is 20.7. The zero-order valence-corrected chi connectivity index (χ0v) is 17.0. The molecule has 2 aromatic heterocycles. The van der Waals surface area contributed by atoms with Crippen molar-refractivity contribution in [2.24, 2.45) is 0 Å². The summed E-state index contributed by atoms with van der Waals surface area (Å²) in [6, 6.07) is 6.49. The zero-order chi connectivity index (χ0) is 21.3. The van der Waals surface area contributed by atoms with E-state index in [0.717, 1.165) is 46.2 Å². The average molecular weight is 435 g/mol. The molecule has 2 N–H and O–H groups in total. The minimum atomic E-state index is -4.53. The van der Waals surface area contributed by atoms with E-state index in [0.29, 0.717) is 18.8 Å². The van der Waals surface area contributed by atoms with Crippen LogP contribution < -0.4 is 5.32 Å². The predicted molar refractivity (Wildman–Crippen MR) is 109 cm³/mol. The number of aliphatic hydroxyl groups excluding tert-OH is 1. The number of nitrogens with zero attached hydrogens (tertiary/aromatic N) is 4. The van der Waals surface area contributed by atoms with Gasteiger partial charge in [0.2, 0.25) is 5.95 Å². The van der Waals surface area contributed by atoms with Crippen molar-refractivity contribution in [2.45, 2.75) is 32.2 Å². The molecule has 1 saturated heterocycles. The fourth-order valence-corrected chi connectivity index (χ4v) is 4.31. The molecular formula is C20H20F3N5OS. The van der Waals surface area contributed by atoms with Gasteiger partial charge in [0.25, 0.3) is 0 Å². The summed E-state index contributed by atoms with van der Waals surface area (Å²) in [5.74, 6) is -0.112. The first-order valence-corrected chi connectivity index (χ1v) is 10.2. The zero-order valence-electron chi connectivity index (χ0n) is 16.1. The fourth-order valence-electron chi connectivity index (χ4n) is 3.37. The molecule has 1 aromatic carbocycles. The van der Waals surface area contributed by atoms with Crippen LogP contribution in [0.15, 0.2) is 36.7 Å². The van der Waals surface area contributed by atoms with E-state index in [1.54, 1.807) is 17.5 Å². The number of aromatic nitrogens is 3. The fraction of sp³-hybridized carbons (Fsp3) is 0.350. The molecule has 10 heteroatoms. The second-order valence-corrected chi connectivity index (χ2v) is 8.39. The van der Waals surface area contributed by atoms with Crippen molar-refractivity contribution in [1.29, 1.82) is 0 Å². The summed E-state index contributed by atoms with van der Waals surface area (Å²) in [6.45, 7) is 4.11.